The summed E-state index contributed by atoms with van der Waals surface area (Å²) in [7, 11) is 0. The van der Waals surface area contributed by atoms with Crippen LogP contribution in [0.5, 0.6) is 0 Å². The quantitative estimate of drug-likeness (QED) is 0.663. The Morgan fingerprint density at radius 3 is 2.61 bits per heavy atom. The molecule has 0 aliphatic carbocycles. The Morgan fingerprint density at radius 1 is 1.00 bits per heavy atom. The van der Waals surface area contributed by atoms with Gasteiger partial charge in [0.05, 0.1) is 16.9 Å². The Labute approximate surface area is 195 Å². The number of rotatable bonds is 5. The van der Waals surface area contributed by atoms with Gasteiger partial charge in [-0.05, 0) is 81.9 Å². The zero-order valence-corrected chi connectivity index (χ0v) is 19.2. The van der Waals surface area contributed by atoms with Crippen LogP contribution >= 0.6 is 0 Å². The summed E-state index contributed by atoms with van der Waals surface area (Å²) >= 11 is 0. The lowest BCUT2D eigenvalue weighted by Gasteiger charge is -2.35. The lowest BCUT2D eigenvalue weighted by Crippen LogP contribution is -2.45. The van der Waals surface area contributed by atoms with Gasteiger partial charge in [0.1, 0.15) is 0 Å². The Bertz CT molecular complexity index is 996. The Kier molecular flexibility index (Phi) is 6.58. The summed E-state index contributed by atoms with van der Waals surface area (Å²) in [6.07, 6.45) is 10.3. The molecule has 33 heavy (non-hydrogen) atoms. The topological polar surface area (TPSA) is 68.8 Å². The largest absolute Gasteiger partial charge is 0.330 e. The van der Waals surface area contributed by atoms with Crippen molar-refractivity contribution in [2.45, 2.75) is 44.9 Å². The number of benzene rings is 1. The summed E-state index contributed by atoms with van der Waals surface area (Å²) in [6, 6.07) is 10.7. The van der Waals surface area contributed by atoms with Crippen molar-refractivity contribution in [3.05, 3.63) is 48.2 Å². The number of urea groups is 1. The van der Waals surface area contributed by atoms with Gasteiger partial charge in [-0.15, -0.1) is 0 Å². The van der Waals surface area contributed by atoms with E-state index in [2.05, 4.69) is 15.2 Å². The second-order valence-electron chi connectivity index (χ2n) is 9.44. The third-order valence-electron chi connectivity index (χ3n) is 7.25. The zero-order chi connectivity index (χ0) is 22.6. The molecule has 1 aromatic carbocycles. The molecular formula is C26H33N5O2. The molecule has 0 atom stereocenters. The average Bonchev–Trinajstić information content (AvgIpc) is 3.33. The van der Waals surface area contributed by atoms with Crippen molar-refractivity contribution in [3.8, 4) is 0 Å². The van der Waals surface area contributed by atoms with E-state index in [0.717, 1.165) is 25.9 Å². The molecule has 3 aliphatic rings. The molecule has 5 rings (SSSR count). The van der Waals surface area contributed by atoms with Crippen LogP contribution in [0.15, 0.2) is 42.6 Å². The number of carbonyl (C=O) groups excluding carboxylic acids is 2. The van der Waals surface area contributed by atoms with Crippen LogP contribution in [-0.2, 0) is 0 Å². The monoisotopic (exact) mass is 447 g/mol. The summed E-state index contributed by atoms with van der Waals surface area (Å²) in [5.74, 6) is 0.949. The lowest BCUT2D eigenvalue weighted by molar-refractivity contribution is 0.102. The van der Waals surface area contributed by atoms with E-state index in [4.69, 9.17) is 0 Å². The van der Waals surface area contributed by atoms with Gasteiger partial charge in [0, 0.05) is 19.3 Å². The van der Waals surface area contributed by atoms with Gasteiger partial charge in [-0.3, -0.25) is 4.79 Å². The minimum Gasteiger partial charge on any atom is -0.324 e. The summed E-state index contributed by atoms with van der Waals surface area (Å²) in [5.41, 5.74) is 1.62. The predicted molar refractivity (Wildman–Crippen MR) is 130 cm³/mol. The molecule has 0 saturated carbocycles. The van der Waals surface area contributed by atoms with Gasteiger partial charge in [0.2, 0.25) is 0 Å². The maximum absolute atomic E-state index is 13.7. The number of likely N-dealkylation sites (tertiary alicyclic amines) is 2. The molecule has 2 fully saturated rings. The first-order chi connectivity index (χ1) is 16.2. The number of carbonyl (C=O) groups is 2. The summed E-state index contributed by atoms with van der Waals surface area (Å²) in [5, 5.41) is 2.90. The summed E-state index contributed by atoms with van der Waals surface area (Å²) in [6.45, 7) is 5.29. The molecule has 2 aromatic rings. The Hall–Kier alpha value is -2.93. The van der Waals surface area contributed by atoms with E-state index >= 15 is 0 Å². The number of piperidine rings is 1. The minimum absolute atomic E-state index is 0.105. The van der Waals surface area contributed by atoms with Crippen molar-refractivity contribution in [1.82, 2.24) is 14.8 Å². The number of unbranched alkanes of at least 4 members (excludes halogenated alkanes) is 1. The van der Waals surface area contributed by atoms with Gasteiger partial charge in [-0.25, -0.2) is 14.7 Å². The van der Waals surface area contributed by atoms with Crippen LogP contribution in [0.3, 0.4) is 0 Å². The molecule has 0 spiro atoms. The van der Waals surface area contributed by atoms with Gasteiger partial charge in [0.25, 0.3) is 5.91 Å². The first-order valence-electron chi connectivity index (χ1n) is 12.4. The van der Waals surface area contributed by atoms with Gasteiger partial charge in [0.15, 0.2) is 5.82 Å². The van der Waals surface area contributed by atoms with Crippen molar-refractivity contribution in [2.24, 2.45) is 5.92 Å². The fourth-order valence-electron chi connectivity index (χ4n) is 5.36. The predicted octanol–water partition coefficient (Wildman–Crippen LogP) is 4.88. The van der Waals surface area contributed by atoms with Crippen molar-refractivity contribution in [2.75, 3.05) is 42.9 Å². The van der Waals surface area contributed by atoms with Crippen LogP contribution < -0.4 is 10.2 Å². The fraction of sp³-hybridized carbons (Fsp3) is 0.500. The zero-order valence-electron chi connectivity index (χ0n) is 19.2. The average molecular weight is 448 g/mol. The second kappa shape index (κ2) is 9.91. The smallest absolute Gasteiger partial charge is 0.324 e. The number of nitrogens with zero attached hydrogens (tertiary/aromatic N) is 4. The number of hydrogen-bond acceptors (Lipinski definition) is 4. The van der Waals surface area contributed by atoms with E-state index in [1.807, 2.05) is 23.1 Å². The first-order valence-corrected chi connectivity index (χ1v) is 12.4. The maximum atomic E-state index is 13.7. The molecule has 3 aliphatic heterocycles. The van der Waals surface area contributed by atoms with Gasteiger partial charge >= 0.3 is 6.03 Å². The second-order valence-corrected chi connectivity index (χ2v) is 9.44. The molecule has 174 valence electrons. The highest BCUT2D eigenvalue weighted by Crippen LogP contribution is 2.37. The Balaban J connectivity index is 1.24. The van der Waals surface area contributed by atoms with Gasteiger partial charge in [-0.2, -0.15) is 0 Å². The molecule has 2 saturated heterocycles. The normalized spacial score (nSPS) is 19.1. The van der Waals surface area contributed by atoms with E-state index in [0.29, 0.717) is 28.7 Å². The first kappa shape index (κ1) is 21.9. The van der Waals surface area contributed by atoms with Gasteiger partial charge < -0.3 is 15.1 Å². The Morgan fingerprint density at radius 2 is 1.79 bits per heavy atom. The SMILES string of the molecule is O=C1Nc2cccnc2N(C(=O)N2CCC(CCCCN3CCCC3)CC2)c2ccccc21. The molecule has 1 aromatic heterocycles. The number of amides is 3. The van der Waals surface area contributed by atoms with Crippen molar-refractivity contribution in [3.63, 3.8) is 0 Å². The summed E-state index contributed by atoms with van der Waals surface area (Å²) in [4.78, 5) is 37.1. The number of hydrogen-bond donors (Lipinski definition) is 1. The standard InChI is InChI=1S/C26H33N5O2/c32-25-21-9-1-2-11-23(21)31(24-22(28-25)10-7-14-27-24)26(33)30-18-12-20(13-19-30)8-3-4-15-29-16-5-6-17-29/h1-2,7,9-11,14,20H,3-6,8,12-13,15-19H2,(H,28,32). The van der Waals surface area contributed by atoms with Crippen molar-refractivity contribution < 1.29 is 9.59 Å². The van der Waals surface area contributed by atoms with E-state index in [1.54, 1.807) is 29.3 Å². The van der Waals surface area contributed by atoms with Crippen LogP contribution in [0.2, 0.25) is 0 Å². The number of anilines is 3. The van der Waals surface area contributed by atoms with Crippen molar-refractivity contribution >= 4 is 29.1 Å². The molecule has 7 heteroatoms. The third kappa shape index (κ3) is 4.74. The number of aromatic nitrogens is 1. The van der Waals surface area contributed by atoms with E-state index in [-0.39, 0.29) is 11.9 Å². The highest BCUT2D eigenvalue weighted by molar-refractivity contribution is 6.16. The molecule has 7 nitrogen and oxygen atoms in total. The van der Waals surface area contributed by atoms with Gasteiger partial charge in [-0.1, -0.05) is 25.0 Å². The van der Waals surface area contributed by atoms with Crippen LogP contribution in [0.25, 0.3) is 0 Å². The third-order valence-corrected chi connectivity index (χ3v) is 7.25. The molecule has 0 unspecified atom stereocenters. The molecule has 0 radical (unpaired) electrons. The minimum atomic E-state index is -0.220. The molecular weight excluding hydrogens is 414 g/mol. The molecule has 0 bridgehead atoms. The maximum Gasteiger partial charge on any atom is 0.330 e. The highest BCUT2D eigenvalue weighted by atomic mass is 16.2. The number of para-hydroxylation sites is 1. The molecule has 1 N–H and O–H groups in total. The molecule has 3 amide bonds. The number of nitrogens with one attached hydrogen (secondary N) is 1. The fourth-order valence-corrected chi connectivity index (χ4v) is 5.36. The van der Waals surface area contributed by atoms with Crippen LogP contribution in [-0.4, -0.2) is 59.4 Å². The van der Waals surface area contributed by atoms with Crippen LogP contribution in [0.4, 0.5) is 22.0 Å². The lowest BCUT2D eigenvalue weighted by atomic mass is 9.91. The summed E-state index contributed by atoms with van der Waals surface area (Å²) < 4.78 is 0. The molecule has 4 heterocycles. The van der Waals surface area contributed by atoms with Crippen LogP contribution in [0.1, 0.15) is 55.3 Å². The van der Waals surface area contributed by atoms with E-state index in [1.165, 1.54) is 51.7 Å². The van der Waals surface area contributed by atoms with E-state index < -0.39 is 0 Å². The number of fused-ring (bicyclic) bond motifs is 2. The van der Waals surface area contributed by atoms with Crippen LogP contribution in [0, 0.1) is 5.92 Å². The number of pyridine rings is 1. The highest BCUT2D eigenvalue weighted by Gasteiger charge is 2.34. The van der Waals surface area contributed by atoms with E-state index in [9.17, 15) is 9.59 Å². The van der Waals surface area contributed by atoms with Crippen molar-refractivity contribution in [1.29, 1.82) is 0 Å².